The van der Waals surface area contributed by atoms with Gasteiger partial charge in [0.1, 0.15) is 11.6 Å². The Kier molecular flexibility index (Phi) is 8.50. The van der Waals surface area contributed by atoms with Crippen molar-refractivity contribution in [1.29, 1.82) is 0 Å². The van der Waals surface area contributed by atoms with Crippen LogP contribution in [-0.2, 0) is 24.2 Å². The number of benzene rings is 2. The van der Waals surface area contributed by atoms with Crippen molar-refractivity contribution < 1.29 is 9.53 Å². The van der Waals surface area contributed by atoms with Crippen molar-refractivity contribution in [1.82, 2.24) is 20.2 Å². The Labute approximate surface area is 206 Å². The number of rotatable bonds is 10. The fraction of sp³-hybridized carbons (Fsp3) is 0.370. The van der Waals surface area contributed by atoms with Crippen LogP contribution in [0.25, 0.3) is 0 Å². The molecule has 3 aromatic rings. The fourth-order valence-corrected chi connectivity index (χ4v) is 4.48. The zero-order valence-electron chi connectivity index (χ0n) is 19.5. The quantitative estimate of drug-likeness (QED) is 0.470. The van der Waals surface area contributed by atoms with E-state index in [9.17, 15) is 4.79 Å². The molecule has 1 aromatic heterocycles. The summed E-state index contributed by atoms with van der Waals surface area (Å²) in [5, 5.41) is 3.86. The Morgan fingerprint density at radius 1 is 1.12 bits per heavy atom. The number of hydrogen-bond donors (Lipinski definition) is 1. The van der Waals surface area contributed by atoms with E-state index in [0.717, 1.165) is 48.8 Å². The lowest BCUT2D eigenvalue weighted by atomic mass is 10.1. The first-order valence-electron chi connectivity index (χ1n) is 11.7. The maximum atomic E-state index is 12.3. The van der Waals surface area contributed by atoms with Crippen molar-refractivity contribution in [2.24, 2.45) is 5.92 Å². The number of carbonyl (C=O) groups is 1. The molecule has 0 saturated carbocycles. The molecule has 6 nitrogen and oxygen atoms in total. The molecule has 1 saturated heterocycles. The van der Waals surface area contributed by atoms with Gasteiger partial charge in [0.25, 0.3) is 0 Å². The van der Waals surface area contributed by atoms with Crippen molar-refractivity contribution in [2.75, 3.05) is 26.7 Å². The van der Waals surface area contributed by atoms with Crippen molar-refractivity contribution in [3.8, 4) is 5.75 Å². The average Bonchev–Trinajstić information content (AvgIpc) is 3.30. The molecule has 1 amide bonds. The summed E-state index contributed by atoms with van der Waals surface area (Å²) >= 11 is 6.09. The minimum absolute atomic E-state index is 0.0548. The molecule has 1 aliphatic heterocycles. The molecule has 1 aliphatic rings. The van der Waals surface area contributed by atoms with Gasteiger partial charge in [-0.3, -0.25) is 9.69 Å². The Morgan fingerprint density at radius 2 is 1.91 bits per heavy atom. The molecule has 7 heteroatoms. The monoisotopic (exact) mass is 478 g/mol. The molecule has 1 fully saturated rings. The molecule has 34 heavy (non-hydrogen) atoms. The number of aromatic nitrogens is 2. The second-order valence-corrected chi connectivity index (χ2v) is 9.29. The van der Waals surface area contributed by atoms with Crippen LogP contribution >= 0.6 is 11.6 Å². The predicted octanol–water partition coefficient (Wildman–Crippen LogP) is 4.30. The van der Waals surface area contributed by atoms with Crippen LogP contribution in [0, 0.1) is 5.92 Å². The van der Waals surface area contributed by atoms with Gasteiger partial charge >= 0.3 is 0 Å². The highest BCUT2D eigenvalue weighted by Gasteiger charge is 2.22. The average molecular weight is 479 g/mol. The minimum Gasteiger partial charge on any atom is -0.497 e. The van der Waals surface area contributed by atoms with Crippen LogP contribution in [0.1, 0.15) is 35.4 Å². The smallest absolute Gasteiger partial charge is 0.220 e. The number of nitrogens with one attached hydrogen (secondary N) is 1. The van der Waals surface area contributed by atoms with Crippen LogP contribution < -0.4 is 10.1 Å². The lowest BCUT2D eigenvalue weighted by molar-refractivity contribution is -0.121. The molecule has 0 radical (unpaired) electrons. The Morgan fingerprint density at radius 3 is 2.65 bits per heavy atom. The topological polar surface area (TPSA) is 67.3 Å². The second-order valence-electron chi connectivity index (χ2n) is 8.86. The normalized spacial score (nSPS) is 15.9. The second kappa shape index (κ2) is 12.0. The predicted molar refractivity (Wildman–Crippen MR) is 134 cm³/mol. The van der Waals surface area contributed by atoms with Gasteiger partial charge in [-0.05, 0) is 59.8 Å². The lowest BCUT2D eigenvalue weighted by Crippen LogP contribution is -2.31. The molecule has 1 N–H and O–H groups in total. The molecule has 2 aromatic carbocycles. The standard InChI is InChI=1S/C27H31ClN4O2/c1-34-25-7-5-20(6-8-25)13-23-16-29-26(30-17-23)9-10-27(33)31-15-22-11-12-32(19-22)18-21-3-2-4-24(28)14-21/h2-8,14,16-17,22H,9-13,15,18-19H2,1H3,(H,31,33). The van der Waals surface area contributed by atoms with E-state index in [1.54, 1.807) is 7.11 Å². The highest BCUT2D eigenvalue weighted by molar-refractivity contribution is 6.30. The van der Waals surface area contributed by atoms with E-state index in [-0.39, 0.29) is 5.91 Å². The largest absolute Gasteiger partial charge is 0.497 e. The third kappa shape index (κ3) is 7.27. The van der Waals surface area contributed by atoms with Gasteiger partial charge < -0.3 is 10.1 Å². The Balaban J connectivity index is 1.15. The van der Waals surface area contributed by atoms with E-state index in [0.29, 0.717) is 31.1 Å². The van der Waals surface area contributed by atoms with E-state index < -0.39 is 0 Å². The summed E-state index contributed by atoms with van der Waals surface area (Å²) in [5.41, 5.74) is 3.45. The Hall–Kier alpha value is -2.96. The summed E-state index contributed by atoms with van der Waals surface area (Å²) in [6, 6.07) is 16.0. The molecular weight excluding hydrogens is 448 g/mol. The van der Waals surface area contributed by atoms with Crippen molar-refractivity contribution in [2.45, 2.75) is 32.2 Å². The number of methoxy groups -OCH3 is 1. The Bertz CT molecular complexity index is 1070. The molecule has 2 heterocycles. The third-order valence-electron chi connectivity index (χ3n) is 6.15. The van der Waals surface area contributed by atoms with Crippen LogP contribution in [0.2, 0.25) is 5.02 Å². The maximum Gasteiger partial charge on any atom is 0.220 e. The number of carbonyl (C=O) groups excluding carboxylic acids is 1. The van der Waals surface area contributed by atoms with Crippen LogP contribution in [-0.4, -0.2) is 47.5 Å². The van der Waals surface area contributed by atoms with E-state index in [4.69, 9.17) is 16.3 Å². The van der Waals surface area contributed by atoms with Crippen LogP contribution in [0.4, 0.5) is 0 Å². The number of nitrogens with zero attached hydrogens (tertiary/aromatic N) is 3. The number of likely N-dealkylation sites (tertiary alicyclic amines) is 1. The molecule has 0 spiro atoms. The van der Waals surface area contributed by atoms with Crippen LogP contribution in [0.3, 0.4) is 0 Å². The summed E-state index contributed by atoms with van der Waals surface area (Å²) in [5.74, 6) is 2.08. The molecule has 0 bridgehead atoms. The maximum absolute atomic E-state index is 12.3. The number of hydrogen-bond acceptors (Lipinski definition) is 5. The highest BCUT2D eigenvalue weighted by atomic mass is 35.5. The van der Waals surface area contributed by atoms with Gasteiger partial charge in [0.15, 0.2) is 0 Å². The number of halogens is 1. The third-order valence-corrected chi connectivity index (χ3v) is 6.39. The zero-order chi connectivity index (χ0) is 23.8. The lowest BCUT2D eigenvalue weighted by Gasteiger charge is -2.16. The van der Waals surface area contributed by atoms with E-state index in [1.165, 1.54) is 11.1 Å². The SMILES string of the molecule is COc1ccc(Cc2cnc(CCC(=O)NCC3CCN(Cc4cccc(Cl)c4)C3)nc2)cc1. The summed E-state index contributed by atoms with van der Waals surface area (Å²) in [6.07, 6.45) is 6.49. The van der Waals surface area contributed by atoms with Gasteiger partial charge in [-0.15, -0.1) is 0 Å². The molecular formula is C27H31ClN4O2. The number of amides is 1. The summed E-state index contributed by atoms with van der Waals surface area (Å²) in [7, 11) is 1.66. The van der Waals surface area contributed by atoms with Gasteiger partial charge in [-0.25, -0.2) is 9.97 Å². The summed E-state index contributed by atoms with van der Waals surface area (Å²) in [6.45, 7) is 3.65. The summed E-state index contributed by atoms with van der Waals surface area (Å²) < 4.78 is 5.19. The van der Waals surface area contributed by atoms with Gasteiger partial charge in [0.05, 0.1) is 7.11 Å². The number of ether oxygens (including phenoxy) is 1. The van der Waals surface area contributed by atoms with Crippen molar-refractivity contribution >= 4 is 17.5 Å². The van der Waals surface area contributed by atoms with Crippen molar-refractivity contribution in [3.63, 3.8) is 0 Å². The highest BCUT2D eigenvalue weighted by Crippen LogP contribution is 2.20. The minimum atomic E-state index is 0.0548. The van der Waals surface area contributed by atoms with Gasteiger partial charge in [-0.1, -0.05) is 35.9 Å². The molecule has 178 valence electrons. The van der Waals surface area contributed by atoms with Gasteiger partial charge in [0, 0.05) is 56.3 Å². The van der Waals surface area contributed by atoms with E-state index in [1.807, 2.05) is 54.9 Å². The molecule has 4 rings (SSSR count). The first-order valence-corrected chi connectivity index (χ1v) is 12.1. The first-order chi connectivity index (χ1) is 16.6. The van der Waals surface area contributed by atoms with Crippen LogP contribution in [0.5, 0.6) is 5.75 Å². The van der Waals surface area contributed by atoms with Crippen LogP contribution in [0.15, 0.2) is 60.9 Å². The van der Waals surface area contributed by atoms with E-state index in [2.05, 4.69) is 26.3 Å². The molecule has 1 unspecified atom stereocenters. The number of aryl methyl sites for hydroxylation is 1. The van der Waals surface area contributed by atoms with E-state index >= 15 is 0 Å². The van der Waals surface area contributed by atoms with Gasteiger partial charge in [-0.2, -0.15) is 0 Å². The fourth-order valence-electron chi connectivity index (χ4n) is 4.27. The molecule has 1 atom stereocenters. The van der Waals surface area contributed by atoms with Crippen molar-refractivity contribution in [3.05, 3.63) is 88.5 Å². The zero-order valence-corrected chi connectivity index (χ0v) is 20.3. The first kappa shape index (κ1) is 24.2. The molecule has 0 aliphatic carbocycles. The summed E-state index contributed by atoms with van der Waals surface area (Å²) in [4.78, 5) is 23.6. The van der Waals surface area contributed by atoms with Gasteiger partial charge in [0.2, 0.25) is 5.91 Å².